The van der Waals surface area contributed by atoms with Crippen LogP contribution < -0.4 is 0 Å². The Kier molecular flexibility index (Phi) is 4.35. The standard InChI is InChI=1S/C13H16NO5P/c1-7-8(2)19-13(20-11(7)12(15)16)9-3-5-10(6-4-9)14(17)18/h3-8,11,13,20H,1-2H3,(H,15,16)/t7-,8-,11?,13?/m0/s1. The van der Waals surface area contributed by atoms with Crippen molar-refractivity contribution in [2.24, 2.45) is 5.92 Å². The third-order valence-corrected chi connectivity index (χ3v) is 5.52. The zero-order valence-electron chi connectivity index (χ0n) is 11.1. The number of hydrogen-bond donors (Lipinski definition) is 1. The first-order chi connectivity index (χ1) is 9.40. The van der Waals surface area contributed by atoms with Crippen LogP contribution in [0.1, 0.15) is 25.3 Å². The van der Waals surface area contributed by atoms with Crippen molar-refractivity contribution < 1.29 is 19.6 Å². The number of rotatable bonds is 3. The molecule has 7 heteroatoms. The number of non-ortho nitro benzene ring substituents is 1. The third kappa shape index (κ3) is 2.97. The molecule has 1 N–H and O–H groups in total. The minimum atomic E-state index is -0.808. The van der Waals surface area contributed by atoms with Gasteiger partial charge in [-0.3, -0.25) is 14.9 Å². The number of nitrogens with zero attached hydrogens (tertiary/aromatic N) is 1. The summed E-state index contributed by atoms with van der Waals surface area (Å²) in [5.74, 6) is -1.15. The molecule has 5 atom stereocenters. The normalized spacial score (nSPS) is 31.1. The molecule has 0 aromatic heterocycles. The Labute approximate surface area is 118 Å². The van der Waals surface area contributed by atoms with Crippen molar-refractivity contribution in [3.8, 4) is 0 Å². The second kappa shape index (κ2) is 5.85. The van der Waals surface area contributed by atoms with Crippen molar-refractivity contribution in [1.82, 2.24) is 0 Å². The van der Waals surface area contributed by atoms with Crippen LogP contribution in [0.5, 0.6) is 0 Å². The molecule has 20 heavy (non-hydrogen) atoms. The van der Waals surface area contributed by atoms with Gasteiger partial charge in [0.25, 0.3) is 5.69 Å². The van der Waals surface area contributed by atoms with Gasteiger partial charge < -0.3 is 9.84 Å². The van der Waals surface area contributed by atoms with Crippen LogP contribution in [0.3, 0.4) is 0 Å². The number of aliphatic carboxylic acids is 1. The van der Waals surface area contributed by atoms with Gasteiger partial charge in [0, 0.05) is 12.1 Å². The van der Waals surface area contributed by atoms with Gasteiger partial charge in [0.1, 0.15) is 0 Å². The Bertz CT molecular complexity index is 518. The second-order valence-electron chi connectivity index (χ2n) is 4.91. The third-order valence-electron chi connectivity index (χ3n) is 3.62. The van der Waals surface area contributed by atoms with Crippen LogP contribution in [0.25, 0.3) is 0 Å². The van der Waals surface area contributed by atoms with E-state index in [-0.39, 0.29) is 32.1 Å². The number of benzene rings is 1. The lowest BCUT2D eigenvalue weighted by Crippen LogP contribution is -2.37. The molecule has 0 saturated carbocycles. The SMILES string of the molecule is C[C@@H]1OC(c2ccc([N+](=O)[O-])cc2)PC(C(=O)O)[C@H]1C. The number of carboxylic acid groups (broad SMARTS) is 1. The number of carboxylic acids is 1. The maximum atomic E-state index is 11.3. The molecule has 2 rings (SSSR count). The minimum absolute atomic E-state index is 0.0177. The molecule has 1 aromatic rings. The first kappa shape index (κ1) is 14.9. The summed E-state index contributed by atoms with van der Waals surface area (Å²) in [4.78, 5) is 21.5. The van der Waals surface area contributed by atoms with Crippen LogP contribution in [0, 0.1) is 16.0 Å². The highest BCUT2D eigenvalue weighted by Gasteiger charge is 2.38. The molecule has 0 aliphatic carbocycles. The summed E-state index contributed by atoms with van der Waals surface area (Å²) in [6.45, 7) is 3.74. The summed E-state index contributed by atoms with van der Waals surface area (Å²) >= 11 is 0. The molecule has 0 spiro atoms. The van der Waals surface area contributed by atoms with E-state index in [2.05, 4.69) is 0 Å². The maximum absolute atomic E-state index is 11.3. The number of ether oxygens (including phenoxy) is 1. The van der Waals surface area contributed by atoms with Gasteiger partial charge >= 0.3 is 5.97 Å². The Balaban J connectivity index is 2.20. The first-order valence-electron chi connectivity index (χ1n) is 6.29. The number of hydrogen-bond acceptors (Lipinski definition) is 4. The summed E-state index contributed by atoms with van der Waals surface area (Å²) in [6.07, 6.45) is -0.155. The molecule has 1 saturated heterocycles. The zero-order chi connectivity index (χ0) is 14.9. The highest BCUT2D eigenvalue weighted by Crippen LogP contribution is 2.48. The van der Waals surface area contributed by atoms with Crippen LogP contribution in [-0.4, -0.2) is 27.8 Å². The van der Waals surface area contributed by atoms with Gasteiger partial charge in [-0.15, -0.1) is 0 Å². The van der Waals surface area contributed by atoms with Gasteiger partial charge in [-0.2, -0.15) is 0 Å². The average Bonchev–Trinajstić information content (AvgIpc) is 2.41. The molecule has 1 fully saturated rings. The maximum Gasteiger partial charge on any atom is 0.311 e. The smallest absolute Gasteiger partial charge is 0.311 e. The summed E-state index contributed by atoms with van der Waals surface area (Å²) < 4.78 is 5.84. The highest BCUT2D eigenvalue weighted by atomic mass is 31.1. The van der Waals surface area contributed by atoms with E-state index in [0.29, 0.717) is 0 Å². The number of nitro benzene ring substituents is 1. The van der Waals surface area contributed by atoms with Gasteiger partial charge in [-0.05, 0) is 30.5 Å². The van der Waals surface area contributed by atoms with Crippen LogP contribution in [0.2, 0.25) is 0 Å². The molecular weight excluding hydrogens is 281 g/mol. The minimum Gasteiger partial charge on any atom is -0.481 e. The topological polar surface area (TPSA) is 89.7 Å². The molecule has 0 bridgehead atoms. The molecule has 3 unspecified atom stereocenters. The van der Waals surface area contributed by atoms with Gasteiger partial charge in [0.05, 0.1) is 22.5 Å². The quantitative estimate of drug-likeness (QED) is 0.526. The predicted octanol–water partition coefficient (Wildman–Crippen LogP) is 2.78. The van der Waals surface area contributed by atoms with E-state index in [4.69, 9.17) is 4.74 Å². The molecule has 108 valence electrons. The first-order valence-corrected chi connectivity index (χ1v) is 7.44. The van der Waals surface area contributed by atoms with Gasteiger partial charge in [0.2, 0.25) is 0 Å². The molecule has 0 amide bonds. The molecule has 0 radical (unpaired) electrons. The van der Waals surface area contributed by atoms with E-state index >= 15 is 0 Å². The van der Waals surface area contributed by atoms with E-state index in [1.165, 1.54) is 12.1 Å². The van der Waals surface area contributed by atoms with Crippen molar-refractivity contribution in [2.75, 3.05) is 0 Å². The Hall–Kier alpha value is -1.52. The van der Waals surface area contributed by atoms with E-state index in [0.717, 1.165) is 5.56 Å². The van der Waals surface area contributed by atoms with E-state index in [9.17, 15) is 20.0 Å². The van der Waals surface area contributed by atoms with Gasteiger partial charge in [-0.25, -0.2) is 0 Å². The number of carbonyl (C=O) groups is 1. The van der Waals surface area contributed by atoms with Gasteiger partial charge in [-0.1, -0.05) is 15.5 Å². The molecule has 1 aliphatic rings. The zero-order valence-corrected chi connectivity index (χ0v) is 12.1. The van der Waals surface area contributed by atoms with Crippen molar-refractivity contribution in [1.29, 1.82) is 0 Å². The predicted molar refractivity (Wildman–Crippen MR) is 75.3 cm³/mol. The Morgan fingerprint density at radius 3 is 2.45 bits per heavy atom. The van der Waals surface area contributed by atoms with Crippen LogP contribution >= 0.6 is 8.58 Å². The summed E-state index contributed by atoms with van der Waals surface area (Å²) in [5.41, 5.74) is 0.377. The Morgan fingerprint density at radius 1 is 1.35 bits per heavy atom. The molecule has 6 nitrogen and oxygen atoms in total. The summed E-state index contributed by atoms with van der Waals surface area (Å²) in [6, 6.07) is 6.11. The fourth-order valence-electron chi connectivity index (χ4n) is 2.21. The molecular formula is C13H16NO5P. The second-order valence-corrected chi connectivity index (χ2v) is 6.39. The van der Waals surface area contributed by atoms with Crippen molar-refractivity contribution in [3.63, 3.8) is 0 Å². The van der Waals surface area contributed by atoms with Crippen LogP contribution in [-0.2, 0) is 9.53 Å². The fourth-order valence-corrected chi connectivity index (χ4v) is 3.93. The van der Waals surface area contributed by atoms with Gasteiger partial charge in [0.15, 0.2) is 0 Å². The van der Waals surface area contributed by atoms with Crippen LogP contribution in [0.15, 0.2) is 24.3 Å². The van der Waals surface area contributed by atoms with E-state index in [1.54, 1.807) is 12.1 Å². The largest absolute Gasteiger partial charge is 0.481 e. The lowest BCUT2D eigenvalue weighted by Gasteiger charge is -2.37. The van der Waals surface area contributed by atoms with Crippen molar-refractivity contribution in [2.45, 2.75) is 31.5 Å². The van der Waals surface area contributed by atoms with Crippen molar-refractivity contribution >= 4 is 20.2 Å². The fraction of sp³-hybridized carbons (Fsp3) is 0.462. The van der Waals surface area contributed by atoms with E-state index in [1.807, 2.05) is 13.8 Å². The molecule has 1 aromatic carbocycles. The molecule has 1 heterocycles. The highest BCUT2D eigenvalue weighted by molar-refractivity contribution is 7.40. The lowest BCUT2D eigenvalue weighted by molar-refractivity contribution is -0.384. The monoisotopic (exact) mass is 297 g/mol. The lowest BCUT2D eigenvalue weighted by atomic mass is 10.0. The van der Waals surface area contributed by atoms with Crippen molar-refractivity contribution in [3.05, 3.63) is 39.9 Å². The van der Waals surface area contributed by atoms with E-state index < -0.39 is 16.6 Å². The average molecular weight is 297 g/mol. The summed E-state index contributed by atoms with van der Waals surface area (Å²) in [7, 11) is 0.108. The number of nitro groups is 1. The Morgan fingerprint density at radius 2 is 1.95 bits per heavy atom. The summed E-state index contributed by atoms with van der Waals surface area (Å²) in [5, 5.41) is 19.9. The van der Waals surface area contributed by atoms with Crippen LogP contribution in [0.4, 0.5) is 5.69 Å². The molecule has 1 aliphatic heterocycles.